The van der Waals surface area contributed by atoms with Crippen LogP contribution >= 0.6 is 0 Å². The summed E-state index contributed by atoms with van der Waals surface area (Å²) >= 11 is 0. The second-order valence-corrected chi connectivity index (χ2v) is 3.60. The standard InChI is InChI=1S/C12H15NO4/c14-10(15)7-4-8-13-12(17)11(16)9-5-2-1-3-6-9/h1-3,5-6,11,16H,4,7-8H2,(H,13,17)(H,14,15). The predicted molar refractivity (Wildman–Crippen MR) is 61.3 cm³/mol. The number of carbonyl (C=O) groups is 2. The van der Waals surface area contributed by atoms with Gasteiger partial charge in [0.15, 0.2) is 6.10 Å². The van der Waals surface area contributed by atoms with Gasteiger partial charge in [-0.15, -0.1) is 0 Å². The first-order chi connectivity index (χ1) is 8.11. The van der Waals surface area contributed by atoms with Crippen LogP contribution in [0.15, 0.2) is 30.3 Å². The van der Waals surface area contributed by atoms with Crippen molar-refractivity contribution in [1.82, 2.24) is 5.32 Å². The lowest BCUT2D eigenvalue weighted by atomic mass is 10.1. The summed E-state index contributed by atoms with van der Waals surface area (Å²) in [5, 5.41) is 20.6. The van der Waals surface area contributed by atoms with Crippen LogP contribution in [0.5, 0.6) is 0 Å². The number of carboxylic acids is 1. The highest BCUT2D eigenvalue weighted by molar-refractivity contribution is 5.81. The number of carbonyl (C=O) groups excluding carboxylic acids is 1. The molecule has 0 aliphatic heterocycles. The van der Waals surface area contributed by atoms with Gasteiger partial charge in [-0.1, -0.05) is 30.3 Å². The summed E-state index contributed by atoms with van der Waals surface area (Å²) in [4.78, 5) is 21.7. The number of carboxylic acid groups (broad SMARTS) is 1. The smallest absolute Gasteiger partial charge is 0.303 e. The third-order valence-electron chi connectivity index (χ3n) is 2.23. The van der Waals surface area contributed by atoms with Crippen LogP contribution in [0.3, 0.4) is 0 Å². The minimum absolute atomic E-state index is 0.00170. The molecule has 1 amide bonds. The van der Waals surface area contributed by atoms with Gasteiger partial charge >= 0.3 is 5.97 Å². The SMILES string of the molecule is O=C(O)CCCNC(=O)C(O)c1ccccc1. The van der Waals surface area contributed by atoms with Crippen molar-refractivity contribution in [1.29, 1.82) is 0 Å². The number of nitrogens with one attached hydrogen (secondary N) is 1. The first-order valence-corrected chi connectivity index (χ1v) is 5.34. The van der Waals surface area contributed by atoms with E-state index in [2.05, 4.69) is 5.32 Å². The lowest BCUT2D eigenvalue weighted by molar-refractivity contribution is -0.137. The summed E-state index contributed by atoms with van der Waals surface area (Å²) in [7, 11) is 0. The van der Waals surface area contributed by atoms with Gasteiger partial charge in [-0.05, 0) is 12.0 Å². The summed E-state index contributed by atoms with van der Waals surface area (Å²) in [5.41, 5.74) is 0.517. The minimum Gasteiger partial charge on any atom is -0.481 e. The highest BCUT2D eigenvalue weighted by Crippen LogP contribution is 2.11. The van der Waals surface area contributed by atoms with Gasteiger partial charge in [0, 0.05) is 13.0 Å². The number of aliphatic carboxylic acids is 1. The second kappa shape index (κ2) is 6.65. The Morgan fingerprint density at radius 1 is 1.24 bits per heavy atom. The zero-order valence-corrected chi connectivity index (χ0v) is 9.30. The van der Waals surface area contributed by atoms with E-state index in [1.54, 1.807) is 30.3 Å². The van der Waals surface area contributed by atoms with E-state index in [-0.39, 0.29) is 13.0 Å². The van der Waals surface area contributed by atoms with Crippen LogP contribution in [-0.4, -0.2) is 28.6 Å². The average molecular weight is 237 g/mol. The first kappa shape index (κ1) is 13.2. The number of hydrogen-bond donors (Lipinski definition) is 3. The quantitative estimate of drug-likeness (QED) is 0.636. The van der Waals surface area contributed by atoms with Gasteiger partial charge in [0.1, 0.15) is 0 Å². The third kappa shape index (κ3) is 4.65. The number of aliphatic hydroxyl groups excluding tert-OH is 1. The molecule has 1 aromatic carbocycles. The molecule has 0 heterocycles. The molecule has 3 N–H and O–H groups in total. The molecule has 1 rings (SSSR count). The van der Waals surface area contributed by atoms with E-state index in [1.807, 2.05) is 0 Å². The van der Waals surface area contributed by atoms with E-state index in [4.69, 9.17) is 5.11 Å². The summed E-state index contributed by atoms with van der Waals surface area (Å²) in [6.07, 6.45) is -0.856. The Labute approximate surface area is 99.1 Å². The fraction of sp³-hybridized carbons (Fsp3) is 0.333. The van der Waals surface area contributed by atoms with Crippen LogP contribution in [0.2, 0.25) is 0 Å². The molecule has 1 atom stereocenters. The monoisotopic (exact) mass is 237 g/mol. The van der Waals surface area contributed by atoms with E-state index in [0.29, 0.717) is 12.0 Å². The van der Waals surface area contributed by atoms with Crippen LogP contribution in [0, 0.1) is 0 Å². The van der Waals surface area contributed by atoms with Crippen molar-refractivity contribution in [2.45, 2.75) is 18.9 Å². The fourth-order valence-corrected chi connectivity index (χ4v) is 1.33. The molecule has 17 heavy (non-hydrogen) atoms. The summed E-state index contributed by atoms with van der Waals surface area (Å²) in [6.45, 7) is 0.245. The number of hydrogen-bond acceptors (Lipinski definition) is 3. The third-order valence-corrected chi connectivity index (χ3v) is 2.23. The van der Waals surface area contributed by atoms with E-state index in [9.17, 15) is 14.7 Å². The lowest BCUT2D eigenvalue weighted by Gasteiger charge is -2.11. The number of aliphatic hydroxyl groups is 1. The molecule has 5 heteroatoms. The van der Waals surface area contributed by atoms with Gasteiger partial charge in [-0.2, -0.15) is 0 Å². The van der Waals surface area contributed by atoms with Crippen LogP contribution in [0.1, 0.15) is 24.5 Å². The summed E-state index contributed by atoms with van der Waals surface area (Å²) < 4.78 is 0. The molecule has 5 nitrogen and oxygen atoms in total. The summed E-state index contributed by atoms with van der Waals surface area (Å²) in [6, 6.07) is 8.57. The van der Waals surface area contributed by atoms with Crippen molar-refractivity contribution in [3.05, 3.63) is 35.9 Å². The van der Waals surface area contributed by atoms with E-state index < -0.39 is 18.0 Å². The highest BCUT2D eigenvalue weighted by atomic mass is 16.4. The molecule has 1 unspecified atom stereocenters. The predicted octanol–water partition coefficient (Wildman–Crippen LogP) is 0.701. The van der Waals surface area contributed by atoms with Crippen molar-refractivity contribution < 1.29 is 19.8 Å². The maximum Gasteiger partial charge on any atom is 0.303 e. The molecule has 0 saturated carbocycles. The molecular formula is C12H15NO4. The number of benzene rings is 1. The molecule has 92 valence electrons. The molecule has 0 saturated heterocycles. The lowest BCUT2D eigenvalue weighted by Crippen LogP contribution is -2.30. The molecule has 0 aromatic heterocycles. The Bertz CT molecular complexity index is 377. The van der Waals surface area contributed by atoms with Crippen molar-refractivity contribution in [3.63, 3.8) is 0 Å². The van der Waals surface area contributed by atoms with Crippen LogP contribution < -0.4 is 5.32 Å². The van der Waals surface area contributed by atoms with E-state index >= 15 is 0 Å². The molecule has 0 spiro atoms. The maximum atomic E-state index is 11.5. The van der Waals surface area contributed by atoms with Gasteiger partial charge < -0.3 is 15.5 Å². The van der Waals surface area contributed by atoms with Gasteiger partial charge in [0.2, 0.25) is 0 Å². The van der Waals surface area contributed by atoms with E-state index in [0.717, 1.165) is 0 Å². The Morgan fingerprint density at radius 3 is 2.47 bits per heavy atom. The molecule has 0 radical (unpaired) electrons. The second-order valence-electron chi connectivity index (χ2n) is 3.60. The molecule has 0 bridgehead atoms. The molecule has 1 aromatic rings. The highest BCUT2D eigenvalue weighted by Gasteiger charge is 2.15. The molecule has 0 aliphatic rings. The Morgan fingerprint density at radius 2 is 1.88 bits per heavy atom. The van der Waals surface area contributed by atoms with Crippen LogP contribution in [0.25, 0.3) is 0 Å². The van der Waals surface area contributed by atoms with Crippen molar-refractivity contribution in [2.75, 3.05) is 6.54 Å². The fourth-order valence-electron chi connectivity index (χ4n) is 1.33. The largest absolute Gasteiger partial charge is 0.481 e. The number of rotatable bonds is 6. The first-order valence-electron chi connectivity index (χ1n) is 5.34. The minimum atomic E-state index is -1.21. The van der Waals surface area contributed by atoms with Gasteiger partial charge in [0.05, 0.1) is 0 Å². The topological polar surface area (TPSA) is 86.6 Å². The molecule has 0 aliphatic carbocycles. The number of amides is 1. The molecule has 0 fully saturated rings. The van der Waals surface area contributed by atoms with E-state index in [1.165, 1.54) is 0 Å². The Balaban J connectivity index is 2.35. The maximum absolute atomic E-state index is 11.5. The normalized spacial score (nSPS) is 11.8. The van der Waals surface area contributed by atoms with Crippen molar-refractivity contribution >= 4 is 11.9 Å². The average Bonchev–Trinajstić information content (AvgIpc) is 2.34. The van der Waals surface area contributed by atoms with Crippen molar-refractivity contribution in [3.8, 4) is 0 Å². The van der Waals surface area contributed by atoms with Crippen LogP contribution in [0.4, 0.5) is 0 Å². The van der Waals surface area contributed by atoms with Gasteiger partial charge in [0.25, 0.3) is 5.91 Å². The van der Waals surface area contributed by atoms with Crippen molar-refractivity contribution in [2.24, 2.45) is 0 Å². The zero-order valence-electron chi connectivity index (χ0n) is 9.30. The Kier molecular flexibility index (Phi) is 5.16. The van der Waals surface area contributed by atoms with Gasteiger partial charge in [-0.3, -0.25) is 9.59 Å². The Hall–Kier alpha value is -1.88. The van der Waals surface area contributed by atoms with Crippen LogP contribution in [-0.2, 0) is 9.59 Å². The van der Waals surface area contributed by atoms with Gasteiger partial charge in [-0.25, -0.2) is 0 Å². The zero-order chi connectivity index (χ0) is 12.7. The summed E-state index contributed by atoms with van der Waals surface area (Å²) in [5.74, 6) is -1.41. The molecular weight excluding hydrogens is 222 g/mol.